The first-order valence-electron chi connectivity index (χ1n) is 6.89. The van der Waals surface area contributed by atoms with Crippen LogP contribution in [0.5, 0.6) is 0 Å². The molecule has 4 rings (SSSR count). The SMILES string of the molecule is Cc1c2c3c(ccnc3c3ccccc13)C(C)(C)C2. The summed E-state index contributed by atoms with van der Waals surface area (Å²) in [6.45, 7) is 6.94. The predicted octanol–water partition coefficient (Wildman–Crippen LogP) is 4.53. The van der Waals surface area contributed by atoms with Gasteiger partial charge in [0.1, 0.15) is 0 Å². The molecule has 0 saturated heterocycles. The number of benzene rings is 2. The third kappa shape index (κ3) is 1.28. The van der Waals surface area contributed by atoms with E-state index in [9.17, 15) is 0 Å². The number of fused-ring (bicyclic) bond motifs is 2. The van der Waals surface area contributed by atoms with Crippen LogP contribution in [0.1, 0.15) is 30.5 Å². The van der Waals surface area contributed by atoms with Gasteiger partial charge >= 0.3 is 0 Å². The molecule has 2 aromatic carbocycles. The minimum absolute atomic E-state index is 0.228. The van der Waals surface area contributed by atoms with E-state index in [-0.39, 0.29) is 5.41 Å². The van der Waals surface area contributed by atoms with E-state index in [0.717, 1.165) is 6.42 Å². The Hall–Kier alpha value is -1.89. The van der Waals surface area contributed by atoms with Gasteiger partial charge < -0.3 is 0 Å². The molecule has 94 valence electrons. The summed E-state index contributed by atoms with van der Waals surface area (Å²) in [5, 5.41) is 4.05. The molecule has 0 unspecified atom stereocenters. The van der Waals surface area contributed by atoms with Gasteiger partial charge in [-0.2, -0.15) is 0 Å². The van der Waals surface area contributed by atoms with E-state index in [4.69, 9.17) is 0 Å². The van der Waals surface area contributed by atoms with Crippen LogP contribution >= 0.6 is 0 Å². The number of pyridine rings is 1. The van der Waals surface area contributed by atoms with Crippen molar-refractivity contribution in [2.75, 3.05) is 0 Å². The van der Waals surface area contributed by atoms with Crippen LogP contribution in [0.15, 0.2) is 36.5 Å². The topological polar surface area (TPSA) is 12.9 Å². The molecule has 1 aliphatic carbocycles. The van der Waals surface area contributed by atoms with Gasteiger partial charge in [0.2, 0.25) is 0 Å². The fraction of sp³-hybridized carbons (Fsp3) is 0.278. The zero-order valence-electron chi connectivity index (χ0n) is 11.6. The standard InChI is InChI=1S/C18H17N/c1-11-12-6-4-5-7-13(12)17-16-14(11)10-18(2,3)15(16)8-9-19-17/h4-9H,10H2,1-3H3. The minimum Gasteiger partial charge on any atom is -0.256 e. The van der Waals surface area contributed by atoms with E-state index in [1.165, 1.54) is 38.4 Å². The van der Waals surface area contributed by atoms with Crippen molar-refractivity contribution in [1.82, 2.24) is 4.98 Å². The molecule has 0 fully saturated rings. The summed E-state index contributed by atoms with van der Waals surface area (Å²) in [5.74, 6) is 0. The lowest BCUT2D eigenvalue weighted by atomic mass is 9.86. The molecule has 1 aromatic heterocycles. The van der Waals surface area contributed by atoms with Crippen LogP contribution in [0.4, 0.5) is 0 Å². The first-order chi connectivity index (χ1) is 9.09. The molecule has 1 nitrogen and oxygen atoms in total. The summed E-state index contributed by atoms with van der Waals surface area (Å²) >= 11 is 0. The number of aromatic nitrogens is 1. The Morgan fingerprint density at radius 2 is 1.79 bits per heavy atom. The highest BCUT2D eigenvalue weighted by Crippen LogP contribution is 2.45. The maximum Gasteiger partial charge on any atom is 0.0786 e. The van der Waals surface area contributed by atoms with Crippen molar-refractivity contribution in [1.29, 1.82) is 0 Å². The molecule has 0 bridgehead atoms. The summed E-state index contributed by atoms with van der Waals surface area (Å²) < 4.78 is 0. The largest absolute Gasteiger partial charge is 0.256 e. The molecule has 0 amide bonds. The van der Waals surface area contributed by atoms with E-state index in [0.29, 0.717) is 0 Å². The van der Waals surface area contributed by atoms with Gasteiger partial charge in [0.05, 0.1) is 5.52 Å². The first-order valence-corrected chi connectivity index (χ1v) is 6.89. The van der Waals surface area contributed by atoms with Gasteiger partial charge in [-0.1, -0.05) is 38.1 Å². The summed E-state index contributed by atoms with van der Waals surface area (Å²) in [6, 6.07) is 10.9. The average Bonchev–Trinajstić information content (AvgIpc) is 2.70. The van der Waals surface area contributed by atoms with Crippen LogP contribution in [0, 0.1) is 6.92 Å². The van der Waals surface area contributed by atoms with Crippen molar-refractivity contribution >= 4 is 21.7 Å². The molecule has 3 aromatic rings. The molecule has 0 aliphatic heterocycles. The van der Waals surface area contributed by atoms with Crippen molar-refractivity contribution in [2.24, 2.45) is 0 Å². The number of rotatable bonds is 0. The van der Waals surface area contributed by atoms with Gasteiger partial charge in [-0.05, 0) is 46.9 Å². The summed E-state index contributed by atoms with van der Waals surface area (Å²) in [5.41, 5.74) is 5.80. The lowest BCUT2D eigenvalue weighted by molar-refractivity contribution is 0.545. The highest BCUT2D eigenvalue weighted by atomic mass is 14.7. The Balaban J connectivity index is 2.33. The molecule has 0 N–H and O–H groups in total. The summed E-state index contributed by atoms with van der Waals surface area (Å²) in [4.78, 5) is 4.68. The maximum atomic E-state index is 4.68. The smallest absolute Gasteiger partial charge is 0.0786 e. The highest BCUT2D eigenvalue weighted by molar-refractivity contribution is 6.10. The van der Waals surface area contributed by atoms with Crippen LogP contribution in [0.3, 0.4) is 0 Å². The molecule has 0 spiro atoms. The first kappa shape index (κ1) is 11.0. The lowest BCUT2D eigenvalue weighted by Crippen LogP contribution is -2.15. The highest BCUT2D eigenvalue weighted by Gasteiger charge is 2.33. The van der Waals surface area contributed by atoms with E-state index in [1.54, 1.807) is 0 Å². The van der Waals surface area contributed by atoms with E-state index in [2.05, 4.69) is 56.1 Å². The van der Waals surface area contributed by atoms with Crippen molar-refractivity contribution < 1.29 is 0 Å². The monoisotopic (exact) mass is 247 g/mol. The van der Waals surface area contributed by atoms with Gasteiger partial charge in [0, 0.05) is 17.0 Å². The normalized spacial score (nSPS) is 16.4. The van der Waals surface area contributed by atoms with Crippen LogP contribution in [0.25, 0.3) is 21.7 Å². The van der Waals surface area contributed by atoms with Crippen molar-refractivity contribution in [2.45, 2.75) is 32.6 Å². The van der Waals surface area contributed by atoms with Crippen LogP contribution < -0.4 is 0 Å². The average molecular weight is 247 g/mol. The van der Waals surface area contributed by atoms with Gasteiger partial charge in [0.25, 0.3) is 0 Å². The molecule has 1 heteroatoms. The third-order valence-corrected chi connectivity index (χ3v) is 4.64. The second-order valence-corrected chi connectivity index (χ2v) is 6.29. The fourth-order valence-corrected chi connectivity index (χ4v) is 3.66. The Morgan fingerprint density at radius 3 is 2.58 bits per heavy atom. The number of hydrogen-bond acceptors (Lipinski definition) is 1. The Kier molecular flexibility index (Phi) is 1.94. The summed E-state index contributed by atoms with van der Waals surface area (Å²) in [6.07, 6.45) is 3.09. The van der Waals surface area contributed by atoms with Crippen LogP contribution in [0.2, 0.25) is 0 Å². The molecule has 0 radical (unpaired) electrons. The molecular formula is C18H17N. The van der Waals surface area contributed by atoms with Gasteiger partial charge in [-0.3, -0.25) is 4.98 Å². The second-order valence-electron chi connectivity index (χ2n) is 6.29. The number of aryl methyl sites for hydroxylation is 1. The summed E-state index contributed by atoms with van der Waals surface area (Å²) in [7, 11) is 0. The Morgan fingerprint density at radius 1 is 1.05 bits per heavy atom. The maximum absolute atomic E-state index is 4.68. The zero-order chi connectivity index (χ0) is 13.2. The molecular weight excluding hydrogens is 230 g/mol. The Bertz CT molecular complexity index is 828. The zero-order valence-corrected chi connectivity index (χ0v) is 11.6. The van der Waals surface area contributed by atoms with Crippen LogP contribution in [-0.4, -0.2) is 4.98 Å². The molecule has 0 saturated carbocycles. The van der Waals surface area contributed by atoms with Crippen LogP contribution in [-0.2, 0) is 11.8 Å². The van der Waals surface area contributed by atoms with Gasteiger partial charge in [0.15, 0.2) is 0 Å². The molecule has 19 heavy (non-hydrogen) atoms. The minimum atomic E-state index is 0.228. The number of hydrogen-bond donors (Lipinski definition) is 0. The predicted molar refractivity (Wildman–Crippen MR) is 80.7 cm³/mol. The third-order valence-electron chi connectivity index (χ3n) is 4.64. The van der Waals surface area contributed by atoms with Gasteiger partial charge in [-0.15, -0.1) is 0 Å². The van der Waals surface area contributed by atoms with E-state index >= 15 is 0 Å². The quantitative estimate of drug-likeness (QED) is 0.532. The lowest BCUT2D eigenvalue weighted by Gasteiger charge is -2.18. The fourth-order valence-electron chi connectivity index (χ4n) is 3.66. The van der Waals surface area contributed by atoms with Crippen molar-refractivity contribution in [3.63, 3.8) is 0 Å². The Labute approximate surface area is 113 Å². The number of nitrogens with zero attached hydrogens (tertiary/aromatic N) is 1. The van der Waals surface area contributed by atoms with Crippen molar-refractivity contribution in [3.8, 4) is 0 Å². The second kappa shape index (κ2) is 3.36. The molecule has 1 heterocycles. The van der Waals surface area contributed by atoms with Crippen molar-refractivity contribution in [3.05, 3.63) is 53.2 Å². The molecule has 0 atom stereocenters. The molecule has 1 aliphatic rings. The van der Waals surface area contributed by atoms with E-state index < -0.39 is 0 Å². The van der Waals surface area contributed by atoms with E-state index in [1.807, 2.05) is 6.20 Å². The van der Waals surface area contributed by atoms with Gasteiger partial charge in [-0.25, -0.2) is 0 Å².